The molecule has 0 N–H and O–H groups in total. The largest absolute Gasteiger partial charge is 0.454 e. The fourth-order valence-electron chi connectivity index (χ4n) is 2.76. The van der Waals surface area contributed by atoms with Crippen molar-refractivity contribution in [2.24, 2.45) is 0 Å². The molecule has 0 spiro atoms. The molecule has 0 aliphatic carbocycles. The van der Waals surface area contributed by atoms with Gasteiger partial charge in [0.25, 0.3) is 0 Å². The minimum absolute atomic E-state index is 0.390. The standard InChI is InChI=1S/C22H25N3O/c1-3-5-12-25(13-6-4-2)21-15-18(16-23)14-19(17-24)22(21)26-20-10-8-7-9-11-20/h7-11,14-15H,3-6,12-13H2,1-2H3. The third kappa shape index (κ3) is 5.01. The van der Waals surface area contributed by atoms with Gasteiger partial charge in [0.15, 0.2) is 5.75 Å². The van der Waals surface area contributed by atoms with Crippen molar-refractivity contribution in [3.63, 3.8) is 0 Å². The molecule has 0 aliphatic rings. The molecule has 26 heavy (non-hydrogen) atoms. The van der Waals surface area contributed by atoms with Crippen LogP contribution in [0.4, 0.5) is 5.69 Å². The van der Waals surface area contributed by atoms with E-state index in [9.17, 15) is 10.5 Å². The van der Waals surface area contributed by atoms with Gasteiger partial charge in [-0.1, -0.05) is 44.9 Å². The highest BCUT2D eigenvalue weighted by molar-refractivity contribution is 5.69. The lowest BCUT2D eigenvalue weighted by atomic mass is 10.1. The zero-order chi connectivity index (χ0) is 18.8. The number of hydrogen-bond donors (Lipinski definition) is 0. The lowest BCUT2D eigenvalue weighted by Crippen LogP contribution is -2.26. The monoisotopic (exact) mass is 347 g/mol. The summed E-state index contributed by atoms with van der Waals surface area (Å²) in [5.41, 5.74) is 1.70. The van der Waals surface area contributed by atoms with Crippen molar-refractivity contribution in [2.45, 2.75) is 39.5 Å². The van der Waals surface area contributed by atoms with Crippen LogP contribution in [-0.4, -0.2) is 13.1 Å². The van der Waals surface area contributed by atoms with Gasteiger partial charge in [0.1, 0.15) is 11.8 Å². The molecule has 0 aliphatic heterocycles. The number of nitrogens with zero attached hydrogens (tertiary/aromatic N) is 3. The minimum atomic E-state index is 0.390. The number of benzene rings is 2. The molecule has 0 unspecified atom stereocenters. The van der Waals surface area contributed by atoms with Crippen LogP contribution >= 0.6 is 0 Å². The Hall–Kier alpha value is -2.98. The van der Waals surface area contributed by atoms with E-state index >= 15 is 0 Å². The molecule has 0 saturated carbocycles. The molecule has 4 nitrogen and oxygen atoms in total. The summed E-state index contributed by atoms with van der Waals surface area (Å²) in [6.45, 7) is 6.07. The average molecular weight is 347 g/mol. The maximum Gasteiger partial charge on any atom is 0.168 e. The molecular weight excluding hydrogens is 322 g/mol. The molecule has 2 aromatic carbocycles. The van der Waals surface area contributed by atoms with Gasteiger partial charge in [0.2, 0.25) is 0 Å². The van der Waals surface area contributed by atoms with Gasteiger partial charge in [0, 0.05) is 13.1 Å². The average Bonchev–Trinajstić information content (AvgIpc) is 2.69. The highest BCUT2D eigenvalue weighted by atomic mass is 16.5. The maximum atomic E-state index is 9.62. The van der Waals surface area contributed by atoms with E-state index in [0.29, 0.717) is 22.6 Å². The van der Waals surface area contributed by atoms with Crippen molar-refractivity contribution in [3.8, 4) is 23.6 Å². The van der Waals surface area contributed by atoms with Crippen LogP contribution in [-0.2, 0) is 0 Å². The van der Waals surface area contributed by atoms with Gasteiger partial charge >= 0.3 is 0 Å². The Labute approximate surface area is 156 Å². The van der Waals surface area contributed by atoms with Crippen LogP contribution in [0.25, 0.3) is 0 Å². The summed E-state index contributed by atoms with van der Waals surface area (Å²) in [5.74, 6) is 1.21. The molecule has 2 rings (SSSR count). The Kier molecular flexibility index (Phi) is 7.52. The Morgan fingerprint density at radius 1 is 0.923 bits per heavy atom. The summed E-state index contributed by atoms with van der Waals surface area (Å²) in [4.78, 5) is 2.24. The predicted octanol–water partition coefficient (Wildman–Crippen LogP) is 5.63. The minimum Gasteiger partial charge on any atom is -0.454 e. The summed E-state index contributed by atoms with van der Waals surface area (Å²) < 4.78 is 6.10. The van der Waals surface area contributed by atoms with Gasteiger partial charge in [-0.15, -0.1) is 0 Å². The molecule has 0 bridgehead atoms. The molecule has 0 saturated heterocycles. The number of unbranched alkanes of at least 4 members (excludes halogenated alkanes) is 2. The fourth-order valence-corrected chi connectivity index (χ4v) is 2.76. The highest BCUT2D eigenvalue weighted by Gasteiger charge is 2.18. The Morgan fingerprint density at radius 2 is 1.58 bits per heavy atom. The summed E-state index contributed by atoms with van der Waals surface area (Å²) in [5, 5.41) is 19.0. The van der Waals surface area contributed by atoms with Gasteiger partial charge in [-0.2, -0.15) is 10.5 Å². The molecular formula is C22H25N3O. The highest BCUT2D eigenvalue weighted by Crippen LogP contribution is 2.37. The SMILES string of the molecule is CCCCN(CCCC)c1cc(C#N)cc(C#N)c1Oc1ccccc1. The Balaban J connectivity index is 2.52. The number of hydrogen-bond acceptors (Lipinski definition) is 4. The van der Waals surface area contributed by atoms with E-state index in [-0.39, 0.29) is 0 Å². The first-order valence-corrected chi connectivity index (χ1v) is 9.19. The summed E-state index contributed by atoms with van der Waals surface area (Å²) >= 11 is 0. The number of rotatable bonds is 9. The van der Waals surface area contributed by atoms with Crippen LogP contribution in [0.3, 0.4) is 0 Å². The first kappa shape index (κ1) is 19.3. The van der Waals surface area contributed by atoms with Crippen molar-refractivity contribution in [1.29, 1.82) is 10.5 Å². The van der Waals surface area contributed by atoms with Gasteiger partial charge in [-0.25, -0.2) is 0 Å². The van der Waals surface area contributed by atoms with E-state index in [2.05, 4.69) is 30.9 Å². The van der Waals surface area contributed by atoms with Crippen molar-refractivity contribution >= 4 is 5.69 Å². The third-order valence-electron chi connectivity index (χ3n) is 4.19. The van der Waals surface area contributed by atoms with Crippen LogP contribution in [0.5, 0.6) is 11.5 Å². The molecule has 0 atom stereocenters. The number of anilines is 1. The number of para-hydroxylation sites is 1. The fraction of sp³-hybridized carbons (Fsp3) is 0.364. The summed E-state index contributed by atoms with van der Waals surface area (Å²) in [6.07, 6.45) is 4.27. The second kappa shape index (κ2) is 10.1. The molecule has 2 aromatic rings. The first-order chi connectivity index (χ1) is 12.7. The molecule has 4 heteroatoms. The third-order valence-corrected chi connectivity index (χ3v) is 4.19. The van der Waals surface area contributed by atoms with Gasteiger partial charge in [-0.05, 0) is 37.1 Å². The lowest BCUT2D eigenvalue weighted by molar-refractivity contribution is 0.478. The molecule has 134 valence electrons. The van der Waals surface area contributed by atoms with Crippen molar-refractivity contribution in [2.75, 3.05) is 18.0 Å². The Bertz CT molecular complexity index is 780. The quantitative estimate of drug-likeness (QED) is 0.590. The molecule has 0 amide bonds. The molecule has 0 heterocycles. The zero-order valence-corrected chi connectivity index (χ0v) is 15.5. The van der Waals surface area contributed by atoms with Crippen LogP contribution < -0.4 is 9.64 Å². The van der Waals surface area contributed by atoms with E-state index in [4.69, 9.17) is 4.74 Å². The van der Waals surface area contributed by atoms with E-state index in [0.717, 1.165) is 44.5 Å². The van der Waals surface area contributed by atoms with Gasteiger partial charge < -0.3 is 9.64 Å². The number of ether oxygens (including phenoxy) is 1. The predicted molar refractivity (Wildman–Crippen MR) is 104 cm³/mol. The van der Waals surface area contributed by atoms with Crippen LogP contribution in [0.15, 0.2) is 42.5 Å². The van der Waals surface area contributed by atoms with Crippen molar-refractivity contribution in [1.82, 2.24) is 0 Å². The Morgan fingerprint density at radius 3 is 2.12 bits per heavy atom. The van der Waals surface area contributed by atoms with Crippen LogP contribution in [0.1, 0.15) is 50.7 Å². The van der Waals surface area contributed by atoms with Crippen molar-refractivity contribution < 1.29 is 4.74 Å². The second-order valence-electron chi connectivity index (χ2n) is 6.20. The van der Waals surface area contributed by atoms with E-state index < -0.39 is 0 Å². The zero-order valence-electron chi connectivity index (χ0n) is 15.5. The molecule has 0 aromatic heterocycles. The topological polar surface area (TPSA) is 60.0 Å². The van der Waals surface area contributed by atoms with Crippen LogP contribution in [0, 0.1) is 22.7 Å². The lowest BCUT2D eigenvalue weighted by Gasteiger charge is -2.27. The van der Waals surface area contributed by atoms with Crippen LogP contribution in [0.2, 0.25) is 0 Å². The molecule has 0 radical (unpaired) electrons. The normalized spacial score (nSPS) is 10.0. The van der Waals surface area contributed by atoms with E-state index in [1.165, 1.54) is 0 Å². The van der Waals surface area contributed by atoms with Crippen molar-refractivity contribution in [3.05, 3.63) is 53.6 Å². The van der Waals surface area contributed by atoms with E-state index in [1.807, 2.05) is 36.4 Å². The van der Waals surface area contributed by atoms with Gasteiger partial charge in [0.05, 0.1) is 22.9 Å². The maximum absolute atomic E-state index is 9.62. The number of nitriles is 2. The second-order valence-corrected chi connectivity index (χ2v) is 6.20. The summed E-state index contributed by atoms with van der Waals surface area (Å²) in [7, 11) is 0. The first-order valence-electron chi connectivity index (χ1n) is 9.19. The smallest absolute Gasteiger partial charge is 0.168 e. The molecule has 0 fully saturated rings. The summed E-state index contributed by atoms with van der Waals surface area (Å²) in [6, 6.07) is 17.3. The van der Waals surface area contributed by atoms with E-state index in [1.54, 1.807) is 6.07 Å². The van der Waals surface area contributed by atoms with Gasteiger partial charge in [-0.3, -0.25) is 0 Å².